The first-order valence-corrected chi connectivity index (χ1v) is 6.43. The second-order valence-electron chi connectivity index (χ2n) is 4.75. The zero-order chi connectivity index (χ0) is 15.4. The first kappa shape index (κ1) is 14.7. The van der Waals surface area contributed by atoms with Crippen LogP contribution in [0.25, 0.3) is 0 Å². The van der Waals surface area contributed by atoms with Crippen LogP contribution in [0.3, 0.4) is 0 Å². The van der Waals surface area contributed by atoms with Gasteiger partial charge in [0.25, 0.3) is 5.91 Å². The summed E-state index contributed by atoms with van der Waals surface area (Å²) in [5, 5.41) is 2.78. The lowest BCUT2D eigenvalue weighted by molar-refractivity contribution is 0.0600. The summed E-state index contributed by atoms with van der Waals surface area (Å²) in [5.74, 6) is -0.805. The van der Waals surface area contributed by atoms with Crippen LogP contribution in [0.1, 0.15) is 32.0 Å². The number of anilines is 1. The maximum Gasteiger partial charge on any atom is 0.339 e. The maximum absolute atomic E-state index is 12.1. The van der Waals surface area contributed by atoms with E-state index in [1.54, 1.807) is 0 Å². The first-order chi connectivity index (χ1) is 9.99. The molecule has 0 spiro atoms. The van der Waals surface area contributed by atoms with E-state index in [4.69, 9.17) is 0 Å². The van der Waals surface area contributed by atoms with Gasteiger partial charge in [-0.05, 0) is 49.2 Å². The fourth-order valence-corrected chi connectivity index (χ4v) is 2.01. The smallest absolute Gasteiger partial charge is 0.339 e. The molecule has 0 unspecified atom stereocenters. The van der Waals surface area contributed by atoms with Crippen molar-refractivity contribution >= 4 is 17.6 Å². The van der Waals surface area contributed by atoms with Crippen molar-refractivity contribution in [3.63, 3.8) is 0 Å². The summed E-state index contributed by atoms with van der Waals surface area (Å²) in [6, 6.07) is 8.79. The van der Waals surface area contributed by atoms with Gasteiger partial charge in [0.15, 0.2) is 0 Å². The third-order valence-corrected chi connectivity index (χ3v) is 2.90. The maximum atomic E-state index is 12.1. The molecule has 1 heterocycles. The van der Waals surface area contributed by atoms with Crippen molar-refractivity contribution in [1.29, 1.82) is 0 Å². The van der Waals surface area contributed by atoms with Crippen molar-refractivity contribution in [3.8, 4) is 0 Å². The number of benzene rings is 1. The number of ether oxygens (including phenoxy) is 1. The summed E-state index contributed by atoms with van der Waals surface area (Å²) in [5.41, 5.74) is 3.40. The highest BCUT2D eigenvalue weighted by atomic mass is 16.5. The highest BCUT2D eigenvalue weighted by Gasteiger charge is 2.11. The molecule has 0 aliphatic heterocycles. The minimum absolute atomic E-state index is 0.238. The summed E-state index contributed by atoms with van der Waals surface area (Å²) in [6.45, 7) is 3.93. The number of amides is 1. The summed E-state index contributed by atoms with van der Waals surface area (Å²) in [6.07, 6.45) is 1.32. The van der Waals surface area contributed by atoms with E-state index >= 15 is 0 Å². The first-order valence-electron chi connectivity index (χ1n) is 6.43. The average molecular weight is 284 g/mol. The molecule has 0 atom stereocenters. The standard InChI is InChI=1S/C16H16N2O3/c1-10-6-11(2)8-13(7-10)18-15(19)14-5-4-12(9-17-14)16(20)21-3/h4-9H,1-3H3,(H,18,19). The zero-order valence-corrected chi connectivity index (χ0v) is 12.1. The monoisotopic (exact) mass is 284 g/mol. The van der Waals surface area contributed by atoms with Gasteiger partial charge in [0.05, 0.1) is 12.7 Å². The van der Waals surface area contributed by atoms with Crippen molar-refractivity contribution in [2.45, 2.75) is 13.8 Å². The molecule has 0 fully saturated rings. The van der Waals surface area contributed by atoms with E-state index in [0.717, 1.165) is 16.8 Å². The van der Waals surface area contributed by atoms with Crippen LogP contribution in [0, 0.1) is 13.8 Å². The second kappa shape index (κ2) is 6.17. The van der Waals surface area contributed by atoms with Gasteiger partial charge in [-0.1, -0.05) is 6.07 Å². The molecule has 2 rings (SSSR count). The minimum Gasteiger partial charge on any atom is -0.465 e. The van der Waals surface area contributed by atoms with Gasteiger partial charge in [-0.25, -0.2) is 4.79 Å². The number of hydrogen-bond donors (Lipinski definition) is 1. The van der Waals surface area contributed by atoms with Crippen molar-refractivity contribution in [1.82, 2.24) is 4.98 Å². The van der Waals surface area contributed by atoms with Crippen molar-refractivity contribution in [2.24, 2.45) is 0 Å². The number of nitrogens with zero attached hydrogens (tertiary/aromatic N) is 1. The highest BCUT2D eigenvalue weighted by molar-refractivity contribution is 6.03. The normalized spacial score (nSPS) is 10.0. The number of aromatic nitrogens is 1. The third-order valence-electron chi connectivity index (χ3n) is 2.90. The van der Waals surface area contributed by atoms with Crippen molar-refractivity contribution < 1.29 is 14.3 Å². The van der Waals surface area contributed by atoms with Gasteiger partial charge in [0.2, 0.25) is 0 Å². The van der Waals surface area contributed by atoms with Gasteiger partial charge in [0, 0.05) is 11.9 Å². The van der Waals surface area contributed by atoms with Gasteiger partial charge in [-0.2, -0.15) is 0 Å². The molecule has 0 radical (unpaired) electrons. The van der Waals surface area contributed by atoms with Crippen LogP contribution < -0.4 is 5.32 Å². The highest BCUT2D eigenvalue weighted by Crippen LogP contribution is 2.14. The predicted octanol–water partition coefficient (Wildman–Crippen LogP) is 2.74. The Kier molecular flexibility index (Phi) is 4.33. The minimum atomic E-state index is -0.483. The Labute approximate surface area is 123 Å². The average Bonchev–Trinajstić information content (AvgIpc) is 2.45. The summed E-state index contributed by atoms with van der Waals surface area (Å²) < 4.78 is 4.58. The van der Waals surface area contributed by atoms with Gasteiger partial charge < -0.3 is 10.1 Å². The number of methoxy groups -OCH3 is 1. The largest absolute Gasteiger partial charge is 0.465 e. The van der Waals surface area contributed by atoms with Crippen LogP contribution in [0.5, 0.6) is 0 Å². The van der Waals surface area contributed by atoms with Crippen LogP contribution >= 0.6 is 0 Å². The predicted molar refractivity (Wildman–Crippen MR) is 79.4 cm³/mol. The third kappa shape index (κ3) is 3.66. The Morgan fingerprint density at radius 1 is 1.10 bits per heavy atom. The summed E-state index contributed by atoms with van der Waals surface area (Å²) >= 11 is 0. The van der Waals surface area contributed by atoms with E-state index < -0.39 is 5.97 Å². The Morgan fingerprint density at radius 2 is 1.76 bits per heavy atom. The molecule has 2 aromatic rings. The molecule has 1 amide bonds. The van der Waals surface area contributed by atoms with Crippen LogP contribution in [0.2, 0.25) is 0 Å². The Hall–Kier alpha value is -2.69. The molecule has 5 nitrogen and oxygen atoms in total. The Balaban J connectivity index is 2.15. The lowest BCUT2D eigenvalue weighted by atomic mass is 10.1. The van der Waals surface area contributed by atoms with Gasteiger partial charge in [-0.3, -0.25) is 9.78 Å². The van der Waals surface area contributed by atoms with E-state index in [9.17, 15) is 9.59 Å². The number of hydrogen-bond acceptors (Lipinski definition) is 4. The second-order valence-corrected chi connectivity index (χ2v) is 4.75. The lowest BCUT2D eigenvalue weighted by Gasteiger charge is -2.07. The summed E-state index contributed by atoms with van der Waals surface area (Å²) in [4.78, 5) is 27.4. The molecule has 1 aromatic carbocycles. The van der Waals surface area contributed by atoms with Crippen LogP contribution in [0.4, 0.5) is 5.69 Å². The van der Waals surface area contributed by atoms with Crippen LogP contribution in [-0.4, -0.2) is 24.0 Å². The molecule has 0 saturated heterocycles. The molecular formula is C16H16N2O3. The molecule has 108 valence electrons. The van der Waals surface area contributed by atoms with Gasteiger partial charge in [-0.15, -0.1) is 0 Å². The van der Waals surface area contributed by atoms with E-state index in [2.05, 4.69) is 15.0 Å². The molecule has 1 N–H and O–H groups in total. The molecule has 21 heavy (non-hydrogen) atoms. The van der Waals surface area contributed by atoms with Crippen molar-refractivity contribution in [2.75, 3.05) is 12.4 Å². The van der Waals surface area contributed by atoms with Crippen LogP contribution in [0.15, 0.2) is 36.5 Å². The molecule has 1 aromatic heterocycles. The van der Waals surface area contributed by atoms with E-state index in [0.29, 0.717) is 5.56 Å². The quantitative estimate of drug-likeness (QED) is 0.880. The molecule has 0 bridgehead atoms. The topological polar surface area (TPSA) is 68.3 Å². The number of carbonyl (C=O) groups excluding carboxylic acids is 2. The Morgan fingerprint density at radius 3 is 2.29 bits per heavy atom. The molecule has 0 aliphatic rings. The number of rotatable bonds is 3. The van der Waals surface area contributed by atoms with E-state index in [-0.39, 0.29) is 11.6 Å². The number of aryl methyl sites for hydroxylation is 2. The zero-order valence-electron chi connectivity index (χ0n) is 12.1. The number of carbonyl (C=O) groups is 2. The van der Waals surface area contributed by atoms with Crippen molar-refractivity contribution in [3.05, 3.63) is 58.9 Å². The lowest BCUT2D eigenvalue weighted by Crippen LogP contribution is -2.14. The number of pyridine rings is 1. The van der Waals surface area contributed by atoms with Gasteiger partial charge >= 0.3 is 5.97 Å². The summed E-state index contributed by atoms with van der Waals surface area (Å²) in [7, 11) is 1.29. The molecule has 0 saturated carbocycles. The Bertz CT molecular complexity index is 658. The van der Waals surface area contributed by atoms with E-state index in [1.165, 1.54) is 25.4 Å². The molecule has 5 heteroatoms. The van der Waals surface area contributed by atoms with Crippen LogP contribution in [-0.2, 0) is 4.74 Å². The fraction of sp³-hybridized carbons (Fsp3) is 0.188. The van der Waals surface area contributed by atoms with Gasteiger partial charge in [0.1, 0.15) is 5.69 Å². The number of esters is 1. The fourth-order valence-electron chi connectivity index (χ4n) is 2.01. The molecular weight excluding hydrogens is 268 g/mol. The van der Waals surface area contributed by atoms with E-state index in [1.807, 2.05) is 32.0 Å². The number of nitrogens with one attached hydrogen (secondary N) is 1. The SMILES string of the molecule is COC(=O)c1ccc(C(=O)Nc2cc(C)cc(C)c2)nc1. The molecule has 0 aliphatic carbocycles.